The van der Waals surface area contributed by atoms with E-state index in [-0.39, 0.29) is 23.2 Å². The van der Waals surface area contributed by atoms with Crippen LogP contribution in [-0.2, 0) is 0 Å². The molecule has 0 unspecified atom stereocenters. The van der Waals surface area contributed by atoms with Gasteiger partial charge in [-0.1, -0.05) is 19.1 Å². The fourth-order valence-corrected chi connectivity index (χ4v) is 3.07. The molecule has 0 radical (unpaired) electrons. The van der Waals surface area contributed by atoms with Crippen molar-refractivity contribution in [2.45, 2.75) is 19.8 Å². The summed E-state index contributed by atoms with van der Waals surface area (Å²) < 4.78 is 17.1. The number of hydrogen-bond donors (Lipinski definition) is 2. The van der Waals surface area contributed by atoms with Crippen LogP contribution in [0.25, 0.3) is 5.82 Å². The zero-order valence-corrected chi connectivity index (χ0v) is 18.2. The van der Waals surface area contributed by atoms with Crippen LogP contribution in [0.4, 0.5) is 5.82 Å². The number of carbonyl (C=O) groups is 1. The second-order valence-corrected chi connectivity index (χ2v) is 7.15. The molecule has 1 aromatic carbocycles. The first kappa shape index (κ1) is 21.2. The molecule has 0 aliphatic carbocycles. The Bertz CT molecular complexity index is 1090. The number of carbonyl (C=O) groups excluding carboxylic acids is 1. The molecule has 0 bridgehead atoms. The summed E-state index contributed by atoms with van der Waals surface area (Å²) >= 11 is 3.43. The second-order valence-electron chi connectivity index (χ2n) is 6.29. The fraction of sp³-hybridized carbons (Fsp3) is 0.294. The predicted octanol–water partition coefficient (Wildman–Crippen LogP) is 1.90. The van der Waals surface area contributed by atoms with Gasteiger partial charge in [0.15, 0.2) is 17.2 Å². The third kappa shape index (κ3) is 4.10. The van der Waals surface area contributed by atoms with Gasteiger partial charge in [-0.2, -0.15) is 9.78 Å². The maximum absolute atomic E-state index is 12.6. The van der Waals surface area contributed by atoms with E-state index < -0.39 is 5.91 Å². The number of nitrogens with zero attached hydrogens (tertiary/aromatic N) is 6. The van der Waals surface area contributed by atoms with E-state index in [1.807, 2.05) is 13.8 Å². The topological polar surface area (TPSA) is 156 Å². The minimum atomic E-state index is -0.548. The molecule has 158 valence electrons. The lowest BCUT2D eigenvalue weighted by Gasteiger charge is -2.09. The minimum absolute atomic E-state index is 0.0325. The van der Waals surface area contributed by atoms with Gasteiger partial charge in [0, 0.05) is 10.0 Å². The molecule has 30 heavy (non-hydrogen) atoms. The van der Waals surface area contributed by atoms with Gasteiger partial charge in [0.05, 0.1) is 26.1 Å². The first-order valence-corrected chi connectivity index (χ1v) is 9.45. The predicted molar refractivity (Wildman–Crippen MR) is 110 cm³/mol. The molecule has 0 aliphatic rings. The summed E-state index contributed by atoms with van der Waals surface area (Å²) in [7, 11) is 3.07. The average molecular weight is 479 g/mol. The van der Waals surface area contributed by atoms with Crippen molar-refractivity contribution >= 4 is 33.9 Å². The first-order chi connectivity index (χ1) is 14.4. The smallest absolute Gasteiger partial charge is 0.293 e. The molecule has 0 saturated carbocycles. The Balaban J connectivity index is 1.84. The van der Waals surface area contributed by atoms with Gasteiger partial charge < -0.3 is 15.2 Å². The molecule has 1 amide bonds. The summed E-state index contributed by atoms with van der Waals surface area (Å²) in [6.45, 7) is 3.75. The number of anilines is 1. The number of nitrogen functional groups attached to an aromatic ring is 1. The Kier molecular flexibility index (Phi) is 6.30. The molecule has 0 spiro atoms. The number of halogens is 1. The van der Waals surface area contributed by atoms with Crippen LogP contribution in [0.1, 0.15) is 41.5 Å². The van der Waals surface area contributed by atoms with E-state index in [1.165, 1.54) is 18.0 Å². The van der Waals surface area contributed by atoms with Gasteiger partial charge in [-0.25, -0.2) is 10.1 Å². The van der Waals surface area contributed by atoms with E-state index in [0.717, 1.165) is 0 Å². The van der Waals surface area contributed by atoms with Crippen LogP contribution < -0.4 is 20.6 Å². The number of nitrogens with one attached hydrogen (secondary N) is 1. The normalized spacial score (nSPS) is 11.3. The van der Waals surface area contributed by atoms with E-state index >= 15 is 0 Å². The first-order valence-electron chi connectivity index (χ1n) is 8.66. The summed E-state index contributed by atoms with van der Waals surface area (Å²) in [5, 5.41) is 19.1. The number of hydrogen-bond acceptors (Lipinski definition) is 10. The number of aromatic nitrogens is 5. The lowest BCUT2D eigenvalue weighted by atomic mass is 10.1. The highest BCUT2D eigenvalue weighted by atomic mass is 79.9. The summed E-state index contributed by atoms with van der Waals surface area (Å²) in [5.41, 5.74) is 9.40. The molecular weight excluding hydrogens is 460 g/mol. The van der Waals surface area contributed by atoms with Gasteiger partial charge >= 0.3 is 0 Å². The van der Waals surface area contributed by atoms with Gasteiger partial charge in [0.1, 0.15) is 0 Å². The lowest BCUT2D eigenvalue weighted by Crippen LogP contribution is -2.21. The molecule has 3 N–H and O–H groups in total. The van der Waals surface area contributed by atoms with E-state index in [0.29, 0.717) is 27.2 Å². The Labute approximate surface area is 179 Å². The standard InChI is InChI=1S/C17H19BrN8O4/c1-8(2)14-13(21-25-26(14)16-15(19)23-30-24-16)17(27)22-20-7-9-5-11(28-3)12(29-4)6-10(9)18/h5-8H,1-4H3,(H2,19,23)(H,22,27)/b20-7-. The maximum atomic E-state index is 12.6. The molecule has 0 fully saturated rings. The van der Waals surface area contributed by atoms with Crippen molar-refractivity contribution in [2.75, 3.05) is 20.0 Å². The van der Waals surface area contributed by atoms with Crippen molar-refractivity contribution in [3.63, 3.8) is 0 Å². The monoisotopic (exact) mass is 478 g/mol. The summed E-state index contributed by atoms with van der Waals surface area (Å²) in [6, 6.07) is 3.45. The van der Waals surface area contributed by atoms with Crippen molar-refractivity contribution in [3.8, 4) is 17.3 Å². The molecule has 3 aromatic rings. The van der Waals surface area contributed by atoms with Crippen molar-refractivity contribution in [1.29, 1.82) is 0 Å². The minimum Gasteiger partial charge on any atom is -0.493 e. The largest absolute Gasteiger partial charge is 0.493 e. The maximum Gasteiger partial charge on any atom is 0.293 e. The van der Waals surface area contributed by atoms with Crippen LogP contribution in [-0.4, -0.2) is 51.6 Å². The number of methoxy groups -OCH3 is 2. The van der Waals surface area contributed by atoms with Gasteiger partial charge in [0.25, 0.3) is 5.91 Å². The Hall–Kier alpha value is -3.48. The molecule has 0 aliphatic heterocycles. The average Bonchev–Trinajstić information content (AvgIpc) is 3.34. The van der Waals surface area contributed by atoms with E-state index in [2.05, 4.69) is 51.7 Å². The summed E-state index contributed by atoms with van der Waals surface area (Å²) in [4.78, 5) is 12.6. The molecule has 2 heterocycles. The summed E-state index contributed by atoms with van der Waals surface area (Å²) in [6.07, 6.45) is 1.46. The van der Waals surface area contributed by atoms with Crippen LogP contribution in [0.2, 0.25) is 0 Å². The number of nitrogens with two attached hydrogens (primary N) is 1. The SMILES string of the molecule is COc1cc(Br)c(/C=N\NC(=O)c2nnn(-c3nonc3N)c2C(C)C)cc1OC. The number of benzene rings is 1. The second kappa shape index (κ2) is 8.90. The van der Waals surface area contributed by atoms with Crippen molar-refractivity contribution in [3.05, 3.63) is 33.6 Å². The van der Waals surface area contributed by atoms with Crippen molar-refractivity contribution < 1.29 is 18.9 Å². The number of hydrazone groups is 1. The zero-order valence-electron chi connectivity index (χ0n) is 16.6. The molecule has 3 rings (SSSR count). The molecule has 0 saturated heterocycles. The van der Waals surface area contributed by atoms with E-state index in [4.69, 9.17) is 15.2 Å². The van der Waals surface area contributed by atoms with Crippen LogP contribution in [0.5, 0.6) is 11.5 Å². The van der Waals surface area contributed by atoms with E-state index in [9.17, 15) is 4.79 Å². The van der Waals surface area contributed by atoms with E-state index in [1.54, 1.807) is 19.2 Å². The third-order valence-corrected chi connectivity index (χ3v) is 4.72. The lowest BCUT2D eigenvalue weighted by molar-refractivity contribution is 0.0948. The van der Waals surface area contributed by atoms with Gasteiger partial charge in [0.2, 0.25) is 11.6 Å². The molecule has 2 aromatic heterocycles. The Morgan fingerprint density at radius 2 is 2.00 bits per heavy atom. The molecule has 12 nitrogen and oxygen atoms in total. The Morgan fingerprint density at radius 1 is 1.30 bits per heavy atom. The Morgan fingerprint density at radius 3 is 2.60 bits per heavy atom. The zero-order chi connectivity index (χ0) is 21.8. The highest BCUT2D eigenvalue weighted by molar-refractivity contribution is 9.10. The van der Waals surface area contributed by atoms with Gasteiger partial charge in [-0.05, 0) is 44.3 Å². The molecule has 13 heteroatoms. The number of ether oxygens (including phenoxy) is 2. The fourth-order valence-electron chi connectivity index (χ4n) is 2.65. The molecule has 0 atom stereocenters. The van der Waals surface area contributed by atoms with Crippen LogP contribution >= 0.6 is 15.9 Å². The quantitative estimate of drug-likeness (QED) is 0.382. The van der Waals surface area contributed by atoms with Crippen molar-refractivity contribution in [2.24, 2.45) is 5.10 Å². The third-order valence-electron chi connectivity index (χ3n) is 4.04. The highest BCUT2D eigenvalue weighted by Gasteiger charge is 2.25. The van der Waals surface area contributed by atoms with Crippen LogP contribution in [0, 0.1) is 0 Å². The van der Waals surface area contributed by atoms with Crippen LogP contribution in [0.3, 0.4) is 0 Å². The van der Waals surface area contributed by atoms with Crippen molar-refractivity contribution in [1.82, 2.24) is 30.7 Å². The van der Waals surface area contributed by atoms with Crippen LogP contribution in [0.15, 0.2) is 26.3 Å². The molecular formula is C17H19BrN8O4. The number of rotatable bonds is 7. The summed E-state index contributed by atoms with van der Waals surface area (Å²) in [5.74, 6) is 0.601. The highest BCUT2D eigenvalue weighted by Crippen LogP contribution is 2.32. The van der Waals surface area contributed by atoms with Gasteiger partial charge in [-0.3, -0.25) is 4.79 Å². The number of amides is 1. The van der Waals surface area contributed by atoms with Gasteiger partial charge in [-0.15, -0.1) is 5.10 Å².